The molecule has 38 heavy (non-hydrogen) atoms. The number of nitrogens with one attached hydrogen (secondary N) is 3. The van der Waals surface area contributed by atoms with Gasteiger partial charge in [-0.1, -0.05) is 55.8 Å². The minimum Gasteiger partial charge on any atom is -0.336 e. The number of pyridine rings is 2. The van der Waals surface area contributed by atoms with E-state index in [9.17, 15) is 4.79 Å². The van der Waals surface area contributed by atoms with Gasteiger partial charge in [0, 0.05) is 23.7 Å². The van der Waals surface area contributed by atoms with E-state index in [4.69, 9.17) is 9.97 Å². The second-order valence-electron chi connectivity index (χ2n) is 9.93. The fourth-order valence-corrected chi connectivity index (χ4v) is 4.65. The molecule has 0 aliphatic rings. The van der Waals surface area contributed by atoms with Crippen molar-refractivity contribution in [2.24, 2.45) is 5.92 Å². The number of para-hydroxylation sites is 1. The average Bonchev–Trinajstić information content (AvgIpc) is 3.52. The summed E-state index contributed by atoms with van der Waals surface area (Å²) in [6.45, 7) is 6.12. The summed E-state index contributed by atoms with van der Waals surface area (Å²) in [5, 5.41) is 10.5. The van der Waals surface area contributed by atoms with E-state index in [2.05, 4.69) is 62.7 Å². The van der Waals surface area contributed by atoms with Gasteiger partial charge in [-0.25, -0.2) is 9.97 Å². The highest BCUT2D eigenvalue weighted by atomic mass is 16.1. The van der Waals surface area contributed by atoms with Gasteiger partial charge in [-0.3, -0.25) is 14.9 Å². The zero-order valence-electron chi connectivity index (χ0n) is 21.4. The number of imidazole rings is 1. The lowest BCUT2D eigenvalue weighted by molar-refractivity contribution is -0.116. The fourth-order valence-electron chi connectivity index (χ4n) is 4.65. The zero-order valence-corrected chi connectivity index (χ0v) is 21.4. The van der Waals surface area contributed by atoms with Crippen LogP contribution < -0.4 is 5.32 Å². The number of amides is 1. The largest absolute Gasteiger partial charge is 0.336 e. The smallest absolute Gasteiger partial charge is 0.224 e. The molecule has 0 spiro atoms. The predicted molar refractivity (Wildman–Crippen MR) is 150 cm³/mol. The molecule has 4 heterocycles. The number of benzene rings is 2. The molecule has 8 heteroatoms. The summed E-state index contributed by atoms with van der Waals surface area (Å²) in [5.74, 6) is 0.888. The third-order valence-electron chi connectivity index (χ3n) is 6.39. The van der Waals surface area contributed by atoms with Crippen LogP contribution >= 0.6 is 0 Å². The van der Waals surface area contributed by atoms with Crippen LogP contribution in [-0.4, -0.2) is 36.0 Å². The van der Waals surface area contributed by atoms with Crippen molar-refractivity contribution in [3.63, 3.8) is 0 Å². The van der Waals surface area contributed by atoms with Crippen LogP contribution in [0.2, 0.25) is 0 Å². The first-order chi connectivity index (χ1) is 18.4. The molecule has 0 radical (unpaired) electrons. The molecule has 8 nitrogen and oxygen atoms in total. The van der Waals surface area contributed by atoms with Crippen molar-refractivity contribution in [3.05, 3.63) is 78.6 Å². The maximum atomic E-state index is 12.2. The first-order valence-electron chi connectivity index (χ1n) is 12.6. The van der Waals surface area contributed by atoms with E-state index in [1.807, 2.05) is 44.2 Å². The number of nitrogens with zero attached hydrogens (tertiary/aromatic N) is 4. The molecule has 0 aliphatic carbocycles. The number of hydrogen-bond acceptors (Lipinski definition) is 5. The number of aromatic amines is 2. The van der Waals surface area contributed by atoms with Crippen LogP contribution in [-0.2, 0) is 4.79 Å². The van der Waals surface area contributed by atoms with Crippen molar-refractivity contribution < 1.29 is 4.79 Å². The van der Waals surface area contributed by atoms with Crippen molar-refractivity contribution in [3.8, 4) is 33.9 Å². The first kappa shape index (κ1) is 23.5. The molecule has 3 N–H and O–H groups in total. The quantitative estimate of drug-likeness (QED) is 0.240. The van der Waals surface area contributed by atoms with Crippen LogP contribution in [0.25, 0.3) is 56.0 Å². The topological polar surface area (TPSA) is 112 Å². The molecule has 0 bridgehead atoms. The van der Waals surface area contributed by atoms with Crippen LogP contribution in [0.3, 0.4) is 0 Å². The highest BCUT2D eigenvalue weighted by Gasteiger charge is 2.17. The summed E-state index contributed by atoms with van der Waals surface area (Å²) < 4.78 is 0. The summed E-state index contributed by atoms with van der Waals surface area (Å²) in [7, 11) is 0. The summed E-state index contributed by atoms with van der Waals surface area (Å²) in [4.78, 5) is 29.8. The van der Waals surface area contributed by atoms with Crippen LogP contribution in [0.4, 0.5) is 5.69 Å². The van der Waals surface area contributed by atoms with Crippen molar-refractivity contribution >= 4 is 33.7 Å². The molecule has 2 aromatic carbocycles. The Kier molecular flexibility index (Phi) is 5.92. The van der Waals surface area contributed by atoms with Gasteiger partial charge in [0.2, 0.25) is 5.91 Å². The fraction of sp³-hybridized carbons (Fsp3) is 0.167. The maximum absolute atomic E-state index is 12.2. The van der Waals surface area contributed by atoms with E-state index in [1.165, 1.54) is 5.56 Å². The van der Waals surface area contributed by atoms with Crippen LogP contribution in [0, 0.1) is 12.8 Å². The van der Waals surface area contributed by atoms with E-state index >= 15 is 0 Å². The number of aromatic nitrogens is 6. The Morgan fingerprint density at radius 1 is 0.921 bits per heavy atom. The Labute approximate surface area is 219 Å². The molecule has 1 amide bonds. The van der Waals surface area contributed by atoms with Crippen LogP contribution in [0.15, 0.2) is 73.1 Å². The number of rotatable bonds is 6. The van der Waals surface area contributed by atoms with Crippen molar-refractivity contribution in [2.45, 2.75) is 27.2 Å². The second-order valence-corrected chi connectivity index (χ2v) is 9.93. The van der Waals surface area contributed by atoms with E-state index in [-0.39, 0.29) is 11.8 Å². The van der Waals surface area contributed by atoms with Gasteiger partial charge >= 0.3 is 0 Å². The van der Waals surface area contributed by atoms with E-state index in [1.54, 1.807) is 12.4 Å². The number of anilines is 1. The average molecular weight is 502 g/mol. The van der Waals surface area contributed by atoms with E-state index < -0.39 is 0 Å². The van der Waals surface area contributed by atoms with Gasteiger partial charge in [0.1, 0.15) is 5.52 Å². The normalized spacial score (nSPS) is 11.5. The van der Waals surface area contributed by atoms with Crippen molar-refractivity contribution in [2.75, 3.05) is 5.32 Å². The van der Waals surface area contributed by atoms with Crippen LogP contribution in [0.1, 0.15) is 25.8 Å². The Bertz CT molecular complexity index is 1800. The molecule has 188 valence electrons. The number of hydrogen-bond donors (Lipinski definition) is 3. The Balaban J connectivity index is 1.38. The molecule has 6 aromatic rings. The van der Waals surface area contributed by atoms with Crippen LogP contribution in [0.5, 0.6) is 0 Å². The molecule has 4 aromatic heterocycles. The number of fused-ring (bicyclic) bond motifs is 2. The third kappa shape index (κ3) is 4.52. The SMILES string of the molecule is Cc1cccc(-c2cccc3[nH]c(-c4n[nH]c5ccc(-c6cncc(NC(=O)CC(C)C)c6)nc45)nc23)c1. The van der Waals surface area contributed by atoms with E-state index in [0.29, 0.717) is 29.1 Å². The lowest BCUT2D eigenvalue weighted by Crippen LogP contribution is -2.14. The minimum atomic E-state index is -0.0330. The Morgan fingerprint density at radius 2 is 1.79 bits per heavy atom. The summed E-state index contributed by atoms with van der Waals surface area (Å²) >= 11 is 0. The second kappa shape index (κ2) is 9.55. The molecule has 0 saturated carbocycles. The molecule has 0 unspecified atom stereocenters. The van der Waals surface area contributed by atoms with Gasteiger partial charge in [-0.05, 0) is 42.7 Å². The standard InChI is InChI=1S/C30H27N7O/c1-17(2)12-26(38)32-21-14-20(15-31-16-21)23-10-11-25-28(33-23)29(37-36-25)30-34-24-9-5-8-22(27(24)35-30)19-7-4-6-18(3)13-19/h4-11,13-17H,12H2,1-3H3,(H,32,38)(H,34,35)(H,36,37). The lowest BCUT2D eigenvalue weighted by atomic mass is 10.0. The number of carbonyl (C=O) groups is 1. The number of aryl methyl sites for hydroxylation is 1. The van der Waals surface area contributed by atoms with Gasteiger partial charge in [-0.15, -0.1) is 0 Å². The predicted octanol–water partition coefficient (Wildman–Crippen LogP) is 6.52. The minimum absolute atomic E-state index is 0.0330. The van der Waals surface area contributed by atoms with Gasteiger partial charge < -0.3 is 10.3 Å². The first-order valence-corrected chi connectivity index (χ1v) is 12.6. The van der Waals surface area contributed by atoms with Gasteiger partial charge in [0.05, 0.1) is 34.1 Å². The highest BCUT2D eigenvalue weighted by Crippen LogP contribution is 2.32. The number of H-pyrrole nitrogens is 2. The highest BCUT2D eigenvalue weighted by molar-refractivity contribution is 5.96. The van der Waals surface area contributed by atoms with Gasteiger partial charge in [-0.2, -0.15) is 5.10 Å². The molecular weight excluding hydrogens is 474 g/mol. The summed E-state index contributed by atoms with van der Waals surface area (Å²) in [6.07, 6.45) is 3.83. The van der Waals surface area contributed by atoms with Crippen molar-refractivity contribution in [1.82, 2.24) is 30.1 Å². The van der Waals surface area contributed by atoms with E-state index in [0.717, 1.165) is 38.9 Å². The molecule has 0 fully saturated rings. The third-order valence-corrected chi connectivity index (χ3v) is 6.39. The molecular formula is C30H27N7O. The Hall–Kier alpha value is -4.85. The van der Waals surface area contributed by atoms with Gasteiger partial charge in [0.25, 0.3) is 0 Å². The Morgan fingerprint density at radius 3 is 2.63 bits per heavy atom. The molecule has 0 atom stereocenters. The maximum Gasteiger partial charge on any atom is 0.224 e. The van der Waals surface area contributed by atoms with Crippen molar-refractivity contribution in [1.29, 1.82) is 0 Å². The molecule has 0 aliphatic heterocycles. The summed E-state index contributed by atoms with van der Waals surface area (Å²) in [5.41, 5.74) is 9.50. The zero-order chi connectivity index (χ0) is 26.2. The lowest BCUT2D eigenvalue weighted by Gasteiger charge is -2.08. The monoisotopic (exact) mass is 501 g/mol. The number of carbonyl (C=O) groups excluding carboxylic acids is 1. The molecule has 6 rings (SSSR count). The summed E-state index contributed by atoms with van der Waals surface area (Å²) in [6, 6.07) is 20.3. The van der Waals surface area contributed by atoms with Gasteiger partial charge in [0.15, 0.2) is 11.5 Å². The molecule has 0 saturated heterocycles.